The summed E-state index contributed by atoms with van der Waals surface area (Å²) in [7, 11) is 2.10. The van der Waals surface area contributed by atoms with Gasteiger partial charge in [0.2, 0.25) is 5.91 Å². The molecule has 1 saturated heterocycles. The van der Waals surface area contributed by atoms with Crippen LogP contribution in [0.4, 0.5) is 17.2 Å². The Kier molecular flexibility index (Phi) is 5.48. The molecule has 1 aliphatic rings. The van der Waals surface area contributed by atoms with Gasteiger partial charge in [0.05, 0.1) is 0 Å². The van der Waals surface area contributed by atoms with Crippen LogP contribution in [-0.2, 0) is 4.79 Å². The van der Waals surface area contributed by atoms with Crippen molar-refractivity contribution in [1.29, 1.82) is 0 Å². The molecule has 0 spiro atoms. The number of carbonyl (C=O) groups is 2. The third kappa shape index (κ3) is 4.58. The number of nitrogens with one attached hydrogen (secondary N) is 2. The number of carbonyl (C=O) groups excluding carboxylic acids is 2. The van der Waals surface area contributed by atoms with E-state index in [0.29, 0.717) is 16.9 Å². The summed E-state index contributed by atoms with van der Waals surface area (Å²) in [5.74, 6) is 0.458. The molecule has 2 amide bonds. The highest BCUT2D eigenvalue weighted by Gasteiger charge is 2.16. The fraction of sp³-hybridized carbons (Fsp3) is 0.316. The molecule has 1 aromatic heterocycles. The van der Waals surface area contributed by atoms with Gasteiger partial charge in [-0.3, -0.25) is 9.59 Å². The number of piperazine rings is 1. The Bertz CT molecular complexity index is 800. The van der Waals surface area contributed by atoms with Crippen molar-refractivity contribution in [3.05, 3.63) is 48.2 Å². The van der Waals surface area contributed by atoms with E-state index in [4.69, 9.17) is 0 Å². The van der Waals surface area contributed by atoms with Gasteiger partial charge in [0.1, 0.15) is 5.82 Å². The molecule has 7 heteroatoms. The van der Waals surface area contributed by atoms with Crippen LogP contribution in [0.1, 0.15) is 17.3 Å². The summed E-state index contributed by atoms with van der Waals surface area (Å²) in [4.78, 5) is 32.6. The molecule has 2 aromatic rings. The Morgan fingerprint density at radius 3 is 2.38 bits per heavy atom. The zero-order chi connectivity index (χ0) is 18.5. The van der Waals surface area contributed by atoms with E-state index in [9.17, 15) is 9.59 Å². The molecule has 136 valence electrons. The molecule has 0 atom stereocenters. The molecule has 0 bridgehead atoms. The molecule has 7 nitrogen and oxygen atoms in total. The summed E-state index contributed by atoms with van der Waals surface area (Å²) in [5, 5.41) is 5.57. The SMILES string of the molecule is CC(=O)Nc1cccc(NC(=O)c2ccnc(N3CCN(C)CC3)c2)c1. The van der Waals surface area contributed by atoms with Gasteiger partial charge in [0, 0.05) is 56.2 Å². The first-order valence-corrected chi connectivity index (χ1v) is 8.60. The lowest BCUT2D eigenvalue weighted by molar-refractivity contribution is -0.114. The van der Waals surface area contributed by atoms with Crippen LogP contribution >= 0.6 is 0 Å². The number of pyridine rings is 1. The normalized spacial score (nSPS) is 14.8. The molecule has 2 heterocycles. The van der Waals surface area contributed by atoms with Gasteiger partial charge in [0.15, 0.2) is 0 Å². The third-order valence-electron chi connectivity index (χ3n) is 4.28. The number of benzene rings is 1. The maximum atomic E-state index is 12.6. The number of amides is 2. The molecule has 26 heavy (non-hydrogen) atoms. The summed E-state index contributed by atoms with van der Waals surface area (Å²) >= 11 is 0. The second-order valence-corrected chi connectivity index (χ2v) is 6.41. The van der Waals surface area contributed by atoms with Crippen LogP contribution in [0.15, 0.2) is 42.6 Å². The van der Waals surface area contributed by atoms with Crippen LogP contribution in [0.2, 0.25) is 0 Å². The summed E-state index contributed by atoms with van der Waals surface area (Å²) in [6, 6.07) is 10.6. The van der Waals surface area contributed by atoms with E-state index >= 15 is 0 Å². The van der Waals surface area contributed by atoms with Crippen molar-refractivity contribution in [3.8, 4) is 0 Å². The number of hydrogen-bond donors (Lipinski definition) is 2. The standard InChI is InChI=1S/C19H23N5O2/c1-14(25)21-16-4-3-5-17(13-16)22-19(26)15-6-7-20-18(12-15)24-10-8-23(2)9-11-24/h3-7,12-13H,8-11H2,1-2H3,(H,21,25)(H,22,26). The van der Waals surface area contributed by atoms with E-state index in [1.807, 2.05) is 6.07 Å². The van der Waals surface area contributed by atoms with Crippen LogP contribution in [-0.4, -0.2) is 54.9 Å². The summed E-state index contributed by atoms with van der Waals surface area (Å²) < 4.78 is 0. The predicted molar refractivity (Wildman–Crippen MR) is 103 cm³/mol. The first-order valence-electron chi connectivity index (χ1n) is 8.60. The summed E-state index contributed by atoms with van der Waals surface area (Å²) in [6.07, 6.45) is 1.66. The fourth-order valence-corrected chi connectivity index (χ4v) is 2.85. The van der Waals surface area contributed by atoms with Crippen molar-refractivity contribution in [2.24, 2.45) is 0 Å². The van der Waals surface area contributed by atoms with E-state index in [1.54, 1.807) is 36.5 Å². The van der Waals surface area contributed by atoms with E-state index in [-0.39, 0.29) is 11.8 Å². The van der Waals surface area contributed by atoms with Gasteiger partial charge in [-0.15, -0.1) is 0 Å². The van der Waals surface area contributed by atoms with E-state index in [0.717, 1.165) is 32.0 Å². The molecule has 0 radical (unpaired) electrons. The molecule has 0 unspecified atom stereocenters. The highest BCUT2D eigenvalue weighted by Crippen LogP contribution is 2.18. The Balaban J connectivity index is 1.70. The zero-order valence-electron chi connectivity index (χ0n) is 15.0. The third-order valence-corrected chi connectivity index (χ3v) is 4.28. The molecular weight excluding hydrogens is 330 g/mol. The Morgan fingerprint density at radius 1 is 1.00 bits per heavy atom. The highest BCUT2D eigenvalue weighted by atomic mass is 16.2. The molecule has 1 aromatic carbocycles. The van der Waals surface area contributed by atoms with Crippen LogP contribution in [0.3, 0.4) is 0 Å². The maximum Gasteiger partial charge on any atom is 0.255 e. The Labute approximate surface area is 153 Å². The average molecular weight is 353 g/mol. The van der Waals surface area contributed by atoms with Crippen LogP contribution in [0, 0.1) is 0 Å². The van der Waals surface area contributed by atoms with Gasteiger partial charge in [-0.05, 0) is 37.4 Å². The smallest absolute Gasteiger partial charge is 0.255 e. The minimum Gasteiger partial charge on any atom is -0.354 e. The van der Waals surface area contributed by atoms with Gasteiger partial charge in [-0.25, -0.2) is 4.98 Å². The topological polar surface area (TPSA) is 77.6 Å². The van der Waals surface area contributed by atoms with Crippen LogP contribution in [0.25, 0.3) is 0 Å². The second kappa shape index (κ2) is 7.97. The number of aromatic nitrogens is 1. The van der Waals surface area contributed by atoms with Crippen molar-refractivity contribution >= 4 is 29.0 Å². The number of nitrogens with zero attached hydrogens (tertiary/aromatic N) is 3. The Hall–Kier alpha value is -2.93. The maximum absolute atomic E-state index is 12.6. The quantitative estimate of drug-likeness (QED) is 0.880. The Morgan fingerprint density at radius 2 is 1.69 bits per heavy atom. The number of rotatable bonds is 4. The van der Waals surface area contributed by atoms with Gasteiger partial charge in [-0.2, -0.15) is 0 Å². The predicted octanol–water partition coefficient (Wildman–Crippen LogP) is 2.04. The molecular formula is C19H23N5O2. The largest absolute Gasteiger partial charge is 0.354 e. The molecule has 3 rings (SSSR count). The van der Waals surface area contributed by atoms with Gasteiger partial charge >= 0.3 is 0 Å². The average Bonchev–Trinajstić information content (AvgIpc) is 2.62. The number of anilines is 3. The number of likely N-dealkylation sites (N-methyl/N-ethyl adjacent to an activating group) is 1. The molecule has 2 N–H and O–H groups in total. The van der Waals surface area contributed by atoms with Crippen molar-refractivity contribution in [2.45, 2.75) is 6.92 Å². The minimum atomic E-state index is -0.206. The zero-order valence-corrected chi connectivity index (χ0v) is 15.0. The van der Waals surface area contributed by atoms with Crippen molar-refractivity contribution in [1.82, 2.24) is 9.88 Å². The van der Waals surface area contributed by atoms with E-state index in [2.05, 4.69) is 32.5 Å². The van der Waals surface area contributed by atoms with Gasteiger partial charge in [-0.1, -0.05) is 6.07 Å². The monoisotopic (exact) mass is 353 g/mol. The lowest BCUT2D eigenvalue weighted by atomic mass is 10.2. The molecule has 0 saturated carbocycles. The fourth-order valence-electron chi connectivity index (χ4n) is 2.85. The lowest BCUT2D eigenvalue weighted by Gasteiger charge is -2.33. The first-order chi connectivity index (χ1) is 12.5. The molecule has 1 fully saturated rings. The molecule has 0 aliphatic carbocycles. The van der Waals surface area contributed by atoms with Crippen molar-refractivity contribution < 1.29 is 9.59 Å². The summed E-state index contributed by atoms with van der Waals surface area (Å²) in [6.45, 7) is 5.20. The second-order valence-electron chi connectivity index (χ2n) is 6.41. The highest BCUT2D eigenvalue weighted by molar-refractivity contribution is 6.05. The lowest BCUT2D eigenvalue weighted by Crippen LogP contribution is -2.44. The van der Waals surface area contributed by atoms with Crippen molar-refractivity contribution in [3.63, 3.8) is 0 Å². The number of hydrogen-bond acceptors (Lipinski definition) is 5. The van der Waals surface area contributed by atoms with Crippen molar-refractivity contribution in [2.75, 3.05) is 48.8 Å². The minimum absolute atomic E-state index is 0.153. The molecule has 1 aliphatic heterocycles. The van der Waals surface area contributed by atoms with E-state index in [1.165, 1.54) is 6.92 Å². The van der Waals surface area contributed by atoms with Crippen LogP contribution in [0.5, 0.6) is 0 Å². The van der Waals surface area contributed by atoms with Crippen LogP contribution < -0.4 is 15.5 Å². The van der Waals surface area contributed by atoms with Gasteiger partial charge < -0.3 is 20.4 Å². The summed E-state index contributed by atoms with van der Waals surface area (Å²) in [5.41, 5.74) is 1.82. The van der Waals surface area contributed by atoms with Gasteiger partial charge in [0.25, 0.3) is 5.91 Å². The van der Waals surface area contributed by atoms with E-state index < -0.39 is 0 Å². The first kappa shape index (κ1) is 17.9.